The first-order chi connectivity index (χ1) is 13.5. The molecule has 1 N–H and O–H groups in total. The molecular weight excluding hydrogens is 396 g/mol. The molecule has 8 heteroatoms. The van der Waals surface area contributed by atoms with Crippen molar-refractivity contribution in [1.29, 1.82) is 0 Å². The summed E-state index contributed by atoms with van der Waals surface area (Å²) in [6.07, 6.45) is 3.44. The minimum atomic E-state index is -3.70. The third-order valence-electron chi connectivity index (χ3n) is 4.02. The van der Waals surface area contributed by atoms with Crippen LogP contribution in [0, 0.1) is 0 Å². The first kappa shape index (κ1) is 18.2. The van der Waals surface area contributed by atoms with Crippen molar-refractivity contribution in [2.24, 2.45) is 0 Å². The number of para-hydroxylation sites is 1. The second kappa shape index (κ2) is 7.46. The highest BCUT2D eigenvalue weighted by Gasteiger charge is 2.19. The number of imidazole rings is 1. The Bertz CT molecular complexity index is 1210. The molecule has 6 nitrogen and oxygen atoms in total. The van der Waals surface area contributed by atoms with Gasteiger partial charge in [-0.15, -0.1) is 0 Å². The molecule has 0 aliphatic heterocycles. The predicted octanol–water partition coefficient (Wildman–Crippen LogP) is 4.50. The monoisotopic (exact) mass is 410 g/mol. The third kappa shape index (κ3) is 3.76. The number of sulfone groups is 1. The molecule has 0 saturated heterocycles. The van der Waals surface area contributed by atoms with E-state index in [1.165, 1.54) is 24.3 Å². The maximum Gasteiger partial charge on any atom is 0.206 e. The Morgan fingerprint density at radius 2 is 1.54 bits per heavy atom. The Labute approximate surface area is 167 Å². The molecule has 4 rings (SSSR count). The lowest BCUT2D eigenvalue weighted by atomic mass is 10.3. The average Bonchev–Trinajstić information content (AvgIpc) is 3.17. The van der Waals surface area contributed by atoms with Crippen molar-refractivity contribution in [3.8, 4) is 5.69 Å². The largest absolute Gasteiger partial charge is 0.324 e. The number of hydrogen-bond acceptors (Lipinski definition) is 5. The SMILES string of the molecule is O=S(=O)(c1ccccc1)c1cc(Cl)nc(Nc2cn(-c3ccccc3)cn2)c1. The number of pyridine rings is 1. The Morgan fingerprint density at radius 1 is 0.857 bits per heavy atom. The van der Waals surface area contributed by atoms with E-state index in [0.29, 0.717) is 11.6 Å². The minimum Gasteiger partial charge on any atom is -0.324 e. The van der Waals surface area contributed by atoms with Crippen LogP contribution >= 0.6 is 11.6 Å². The number of nitrogens with one attached hydrogen (secondary N) is 1. The van der Waals surface area contributed by atoms with Gasteiger partial charge in [-0.2, -0.15) is 0 Å². The van der Waals surface area contributed by atoms with Gasteiger partial charge in [0.15, 0.2) is 0 Å². The lowest BCUT2D eigenvalue weighted by Gasteiger charge is -2.08. The van der Waals surface area contributed by atoms with E-state index in [-0.39, 0.29) is 14.9 Å². The maximum absolute atomic E-state index is 12.8. The zero-order valence-corrected chi connectivity index (χ0v) is 16.1. The highest BCUT2D eigenvalue weighted by atomic mass is 35.5. The molecule has 0 amide bonds. The summed E-state index contributed by atoms with van der Waals surface area (Å²) in [5, 5.41) is 3.08. The summed E-state index contributed by atoms with van der Waals surface area (Å²) in [6, 6.07) is 20.7. The van der Waals surface area contributed by atoms with Crippen LogP contribution in [-0.2, 0) is 9.84 Å². The van der Waals surface area contributed by atoms with Crippen LogP contribution in [0.15, 0.2) is 95.1 Å². The van der Waals surface area contributed by atoms with Crippen LogP contribution in [0.1, 0.15) is 0 Å². The summed E-state index contributed by atoms with van der Waals surface area (Å²) in [6.45, 7) is 0. The fourth-order valence-corrected chi connectivity index (χ4v) is 4.28. The molecule has 0 saturated carbocycles. The highest BCUT2D eigenvalue weighted by molar-refractivity contribution is 7.91. The van der Waals surface area contributed by atoms with Gasteiger partial charge in [-0.05, 0) is 36.4 Å². The second-order valence-corrected chi connectivity index (χ2v) is 8.29. The predicted molar refractivity (Wildman–Crippen MR) is 108 cm³/mol. The van der Waals surface area contributed by atoms with Crippen LogP contribution in [0.4, 0.5) is 11.6 Å². The van der Waals surface area contributed by atoms with Gasteiger partial charge in [0.25, 0.3) is 0 Å². The van der Waals surface area contributed by atoms with E-state index < -0.39 is 9.84 Å². The van der Waals surface area contributed by atoms with E-state index >= 15 is 0 Å². The lowest BCUT2D eigenvalue weighted by molar-refractivity contribution is 0.596. The van der Waals surface area contributed by atoms with Crippen molar-refractivity contribution in [2.75, 3.05) is 5.32 Å². The molecule has 4 aromatic rings. The molecule has 0 bridgehead atoms. The smallest absolute Gasteiger partial charge is 0.206 e. The zero-order valence-electron chi connectivity index (χ0n) is 14.5. The normalized spacial score (nSPS) is 11.3. The van der Waals surface area contributed by atoms with Crippen molar-refractivity contribution in [1.82, 2.24) is 14.5 Å². The van der Waals surface area contributed by atoms with Gasteiger partial charge in [0.2, 0.25) is 9.84 Å². The van der Waals surface area contributed by atoms with Gasteiger partial charge in [-0.1, -0.05) is 48.0 Å². The van der Waals surface area contributed by atoms with Gasteiger partial charge >= 0.3 is 0 Å². The van der Waals surface area contributed by atoms with E-state index in [9.17, 15) is 8.42 Å². The number of benzene rings is 2. The topological polar surface area (TPSA) is 76.9 Å². The number of hydrogen-bond donors (Lipinski definition) is 1. The number of aromatic nitrogens is 3. The van der Waals surface area contributed by atoms with Crippen LogP contribution in [-0.4, -0.2) is 23.0 Å². The number of rotatable bonds is 5. The van der Waals surface area contributed by atoms with E-state index in [1.54, 1.807) is 30.7 Å². The van der Waals surface area contributed by atoms with Crippen molar-refractivity contribution in [2.45, 2.75) is 9.79 Å². The fraction of sp³-hybridized carbons (Fsp3) is 0. The molecule has 0 atom stereocenters. The van der Waals surface area contributed by atoms with Crippen LogP contribution < -0.4 is 5.32 Å². The standard InChI is InChI=1S/C20H15ClN4O2S/c21-18-11-17(28(26,27)16-9-5-2-6-10-16)12-19(23-18)24-20-13-25(14-22-20)15-7-3-1-4-8-15/h1-14H,(H,23,24). The van der Waals surface area contributed by atoms with Gasteiger partial charge in [0, 0.05) is 5.69 Å². The lowest BCUT2D eigenvalue weighted by Crippen LogP contribution is -2.04. The second-order valence-electron chi connectivity index (χ2n) is 5.95. The fourth-order valence-electron chi connectivity index (χ4n) is 2.69. The minimum absolute atomic E-state index is 0.0590. The first-order valence-electron chi connectivity index (χ1n) is 8.36. The summed E-state index contributed by atoms with van der Waals surface area (Å²) in [5.41, 5.74) is 0.953. The molecule has 0 aliphatic rings. The Hall–Kier alpha value is -3.16. The van der Waals surface area contributed by atoms with E-state index in [0.717, 1.165) is 5.69 Å². The molecular formula is C20H15ClN4O2S. The van der Waals surface area contributed by atoms with Crippen LogP contribution in [0.3, 0.4) is 0 Å². The maximum atomic E-state index is 12.8. The summed E-state index contributed by atoms with van der Waals surface area (Å²) in [4.78, 5) is 8.70. The highest BCUT2D eigenvalue weighted by Crippen LogP contribution is 2.26. The van der Waals surface area contributed by atoms with Crippen LogP contribution in [0.5, 0.6) is 0 Å². The zero-order chi connectivity index (χ0) is 19.6. The third-order valence-corrected chi connectivity index (χ3v) is 5.97. The summed E-state index contributed by atoms with van der Waals surface area (Å²) < 4.78 is 27.5. The Morgan fingerprint density at radius 3 is 2.25 bits per heavy atom. The Kier molecular flexibility index (Phi) is 4.85. The molecule has 140 valence electrons. The van der Waals surface area contributed by atoms with Crippen LogP contribution in [0.25, 0.3) is 5.69 Å². The van der Waals surface area contributed by atoms with Crippen molar-refractivity contribution in [3.05, 3.63) is 90.5 Å². The molecule has 28 heavy (non-hydrogen) atoms. The molecule has 0 aliphatic carbocycles. The molecule has 0 unspecified atom stereocenters. The summed E-state index contributed by atoms with van der Waals surface area (Å²) >= 11 is 6.07. The molecule has 0 radical (unpaired) electrons. The molecule has 2 aromatic heterocycles. The average molecular weight is 411 g/mol. The quantitative estimate of drug-likeness (QED) is 0.490. The van der Waals surface area contributed by atoms with Gasteiger partial charge in [0.05, 0.1) is 16.0 Å². The van der Waals surface area contributed by atoms with Crippen molar-refractivity contribution in [3.63, 3.8) is 0 Å². The Balaban J connectivity index is 1.65. The van der Waals surface area contributed by atoms with E-state index in [2.05, 4.69) is 15.3 Å². The summed E-state index contributed by atoms with van der Waals surface area (Å²) in [5.74, 6) is 0.807. The van der Waals surface area contributed by atoms with Crippen LogP contribution in [0.2, 0.25) is 5.15 Å². The number of anilines is 2. The molecule has 2 aromatic carbocycles. The summed E-state index contributed by atoms with van der Waals surface area (Å²) in [7, 11) is -3.70. The van der Waals surface area contributed by atoms with E-state index in [1.807, 2.05) is 34.9 Å². The van der Waals surface area contributed by atoms with Gasteiger partial charge < -0.3 is 9.88 Å². The van der Waals surface area contributed by atoms with Crippen molar-refractivity contribution < 1.29 is 8.42 Å². The first-order valence-corrected chi connectivity index (χ1v) is 10.2. The van der Waals surface area contributed by atoms with Gasteiger partial charge in [-0.3, -0.25) is 0 Å². The number of nitrogens with zero attached hydrogens (tertiary/aromatic N) is 3. The molecule has 0 fully saturated rings. The van der Waals surface area contributed by atoms with Gasteiger partial charge in [0.1, 0.15) is 23.1 Å². The molecule has 2 heterocycles. The van der Waals surface area contributed by atoms with Crippen molar-refractivity contribution >= 4 is 33.1 Å². The number of halogens is 1. The van der Waals surface area contributed by atoms with Gasteiger partial charge in [-0.25, -0.2) is 18.4 Å². The van der Waals surface area contributed by atoms with E-state index in [4.69, 9.17) is 11.6 Å². The molecule has 0 spiro atoms.